The van der Waals surface area contributed by atoms with Crippen LogP contribution in [-0.2, 0) is 0 Å². The summed E-state index contributed by atoms with van der Waals surface area (Å²) in [5.74, 6) is 0.619. The highest BCUT2D eigenvalue weighted by Gasteiger charge is 2.36. The summed E-state index contributed by atoms with van der Waals surface area (Å²) in [6, 6.07) is 5.03. The average Bonchev–Trinajstić information content (AvgIpc) is 2.89. The molecule has 1 saturated heterocycles. The Morgan fingerprint density at radius 1 is 1.32 bits per heavy atom. The number of nitrogens with zero attached hydrogens (tertiary/aromatic N) is 3. The highest BCUT2D eigenvalue weighted by molar-refractivity contribution is 5.17. The first-order valence-electron chi connectivity index (χ1n) is 8.65. The molecular formula is C18H29N3O. The summed E-state index contributed by atoms with van der Waals surface area (Å²) in [4.78, 5) is 9.16. The Morgan fingerprint density at radius 3 is 2.86 bits per heavy atom. The smallest absolute Gasteiger partial charge is 0.0695 e. The predicted molar refractivity (Wildman–Crippen MR) is 88.6 cm³/mol. The molecule has 0 aromatic carbocycles. The molecule has 1 aromatic heterocycles. The number of hydrogen-bond donors (Lipinski definition) is 1. The fourth-order valence-corrected chi connectivity index (χ4v) is 4.41. The number of aliphatic hydroxyl groups excluding tert-OH is 1. The Bertz CT molecular complexity index is 467. The molecule has 2 aliphatic rings. The third-order valence-electron chi connectivity index (χ3n) is 5.58. The minimum absolute atomic E-state index is 0.144. The lowest BCUT2D eigenvalue weighted by molar-refractivity contribution is 0.0233. The Hall–Kier alpha value is -0.970. The molecule has 1 aliphatic carbocycles. The van der Waals surface area contributed by atoms with Gasteiger partial charge in [0.1, 0.15) is 0 Å². The van der Waals surface area contributed by atoms with Crippen molar-refractivity contribution in [3.8, 4) is 0 Å². The number of likely N-dealkylation sites (tertiary alicyclic amines) is 1. The fraction of sp³-hybridized carbons (Fsp3) is 0.722. The van der Waals surface area contributed by atoms with Gasteiger partial charge < -0.3 is 10.0 Å². The molecule has 1 aromatic rings. The molecular weight excluding hydrogens is 274 g/mol. The number of likely N-dealkylation sites (N-methyl/N-ethyl adjacent to an activating group) is 1. The van der Waals surface area contributed by atoms with E-state index in [0.717, 1.165) is 25.9 Å². The molecule has 22 heavy (non-hydrogen) atoms. The van der Waals surface area contributed by atoms with Crippen LogP contribution in [0.2, 0.25) is 0 Å². The summed E-state index contributed by atoms with van der Waals surface area (Å²) in [5, 5.41) is 10.3. The lowest BCUT2D eigenvalue weighted by Crippen LogP contribution is -2.45. The van der Waals surface area contributed by atoms with Gasteiger partial charge in [0.2, 0.25) is 0 Å². The molecule has 3 rings (SSSR count). The van der Waals surface area contributed by atoms with Gasteiger partial charge in [-0.05, 0) is 57.5 Å². The molecule has 0 spiro atoms. The number of hydrogen-bond acceptors (Lipinski definition) is 4. The first-order valence-corrected chi connectivity index (χ1v) is 8.65. The Kier molecular flexibility index (Phi) is 5.11. The van der Waals surface area contributed by atoms with Crippen LogP contribution in [0.5, 0.6) is 0 Å². The molecule has 0 bridgehead atoms. The van der Waals surface area contributed by atoms with Crippen LogP contribution in [0.25, 0.3) is 0 Å². The van der Waals surface area contributed by atoms with E-state index in [4.69, 9.17) is 0 Å². The molecule has 0 amide bonds. The maximum absolute atomic E-state index is 10.3. The lowest BCUT2D eigenvalue weighted by atomic mass is 9.89. The van der Waals surface area contributed by atoms with Crippen LogP contribution < -0.4 is 0 Å². The van der Waals surface area contributed by atoms with Gasteiger partial charge in [0, 0.05) is 31.0 Å². The van der Waals surface area contributed by atoms with Crippen LogP contribution in [0.15, 0.2) is 24.5 Å². The molecule has 4 atom stereocenters. The number of aliphatic hydroxyl groups is 1. The van der Waals surface area contributed by atoms with Crippen molar-refractivity contribution in [2.45, 2.75) is 50.3 Å². The third-order valence-corrected chi connectivity index (χ3v) is 5.58. The minimum atomic E-state index is -0.144. The highest BCUT2D eigenvalue weighted by atomic mass is 16.3. The highest BCUT2D eigenvalue weighted by Crippen LogP contribution is 2.37. The van der Waals surface area contributed by atoms with Crippen molar-refractivity contribution in [1.82, 2.24) is 14.8 Å². The van der Waals surface area contributed by atoms with Crippen LogP contribution in [-0.4, -0.2) is 59.2 Å². The summed E-state index contributed by atoms with van der Waals surface area (Å²) in [6.45, 7) is 2.21. The molecule has 0 radical (unpaired) electrons. The normalized spacial score (nSPS) is 33.5. The second-order valence-corrected chi connectivity index (χ2v) is 7.12. The average molecular weight is 303 g/mol. The molecule has 4 heteroatoms. The molecule has 2 heterocycles. The van der Waals surface area contributed by atoms with Gasteiger partial charge in [0.25, 0.3) is 0 Å². The maximum Gasteiger partial charge on any atom is 0.0695 e. The van der Waals surface area contributed by atoms with Crippen molar-refractivity contribution < 1.29 is 5.11 Å². The van der Waals surface area contributed by atoms with Gasteiger partial charge >= 0.3 is 0 Å². The van der Waals surface area contributed by atoms with E-state index in [9.17, 15) is 5.11 Å². The van der Waals surface area contributed by atoms with Gasteiger partial charge in [-0.25, -0.2) is 0 Å². The van der Waals surface area contributed by atoms with Crippen LogP contribution in [0.1, 0.15) is 43.7 Å². The monoisotopic (exact) mass is 303 g/mol. The molecule has 1 aliphatic heterocycles. The van der Waals surface area contributed by atoms with Crippen molar-refractivity contribution in [2.24, 2.45) is 5.92 Å². The maximum atomic E-state index is 10.3. The first-order chi connectivity index (χ1) is 10.7. The van der Waals surface area contributed by atoms with Gasteiger partial charge in [-0.15, -0.1) is 0 Å². The zero-order chi connectivity index (χ0) is 15.5. The zero-order valence-corrected chi connectivity index (χ0v) is 13.9. The molecule has 4 nitrogen and oxygen atoms in total. The second kappa shape index (κ2) is 7.07. The summed E-state index contributed by atoms with van der Waals surface area (Å²) in [5.41, 5.74) is 1.32. The molecule has 1 saturated carbocycles. The van der Waals surface area contributed by atoms with Crippen LogP contribution >= 0.6 is 0 Å². The molecule has 1 N–H and O–H groups in total. The Morgan fingerprint density at radius 2 is 2.14 bits per heavy atom. The van der Waals surface area contributed by atoms with Gasteiger partial charge in [-0.2, -0.15) is 0 Å². The topological polar surface area (TPSA) is 39.6 Å². The summed E-state index contributed by atoms with van der Waals surface area (Å²) in [6.07, 6.45) is 9.47. The quantitative estimate of drug-likeness (QED) is 0.926. The van der Waals surface area contributed by atoms with Crippen LogP contribution in [0.4, 0.5) is 0 Å². The van der Waals surface area contributed by atoms with Gasteiger partial charge in [-0.1, -0.05) is 18.9 Å². The van der Waals surface area contributed by atoms with Gasteiger partial charge in [-0.3, -0.25) is 9.88 Å². The van der Waals surface area contributed by atoms with Crippen LogP contribution in [0.3, 0.4) is 0 Å². The molecule has 2 fully saturated rings. The largest absolute Gasteiger partial charge is 0.391 e. The number of aromatic nitrogens is 1. The van der Waals surface area contributed by atoms with Crippen LogP contribution in [0, 0.1) is 5.92 Å². The van der Waals surface area contributed by atoms with Crippen molar-refractivity contribution in [3.05, 3.63) is 30.1 Å². The van der Waals surface area contributed by atoms with Crippen molar-refractivity contribution in [3.63, 3.8) is 0 Å². The second-order valence-electron chi connectivity index (χ2n) is 7.12. The molecule has 0 unspecified atom stereocenters. The van der Waals surface area contributed by atoms with E-state index in [1.165, 1.54) is 24.8 Å². The van der Waals surface area contributed by atoms with Gasteiger partial charge in [0.15, 0.2) is 0 Å². The first kappa shape index (κ1) is 15.9. The van der Waals surface area contributed by atoms with Gasteiger partial charge in [0.05, 0.1) is 6.10 Å². The minimum Gasteiger partial charge on any atom is -0.391 e. The van der Waals surface area contributed by atoms with E-state index >= 15 is 0 Å². The SMILES string of the molecule is CN(C[C@@H]1CCN(C)[C@H]1c1cccnc1)[C@H]1CCCC[C@H]1O. The fourth-order valence-electron chi connectivity index (χ4n) is 4.41. The van der Waals surface area contributed by atoms with E-state index in [1.54, 1.807) is 0 Å². The van der Waals surface area contributed by atoms with Crippen molar-refractivity contribution in [1.29, 1.82) is 0 Å². The lowest BCUT2D eigenvalue weighted by Gasteiger charge is -2.37. The Labute approximate surface area is 134 Å². The van der Waals surface area contributed by atoms with E-state index in [1.807, 2.05) is 18.5 Å². The van der Waals surface area contributed by atoms with E-state index in [-0.39, 0.29) is 6.10 Å². The third kappa shape index (κ3) is 3.34. The van der Waals surface area contributed by atoms with Crippen molar-refractivity contribution in [2.75, 3.05) is 27.2 Å². The number of pyridine rings is 1. The summed E-state index contributed by atoms with van der Waals surface area (Å²) >= 11 is 0. The Balaban J connectivity index is 1.68. The van der Waals surface area contributed by atoms with E-state index in [0.29, 0.717) is 18.0 Å². The predicted octanol–water partition coefficient (Wildman–Crippen LogP) is 2.31. The van der Waals surface area contributed by atoms with Crippen molar-refractivity contribution >= 4 is 0 Å². The number of rotatable bonds is 4. The zero-order valence-electron chi connectivity index (χ0n) is 13.9. The summed E-state index contributed by atoms with van der Waals surface area (Å²) in [7, 11) is 4.41. The summed E-state index contributed by atoms with van der Waals surface area (Å²) < 4.78 is 0. The van der Waals surface area contributed by atoms with E-state index < -0.39 is 0 Å². The van der Waals surface area contributed by atoms with E-state index in [2.05, 4.69) is 34.9 Å². The molecule has 122 valence electrons. The standard InChI is InChI=1S/C18H29N3O/c1-20-11-9-15(18(20)14-6-5-10-19-12-14)13-21(2)16-7-3-4-8-17(16)22/h5-6,10,12,15-18,22H,3-4,7-9,11,13H2,1-2H3/t15-,16-,17+,18-/m0/s1.